The Morgan fingerprint density at radius 2 is 2.12 bits per heavy atom. The van der Waals surface area contributed by atoms with Gasteiger partial charge >= 0.3 is 0 Å². The van der Waals surface area contributed by atoms with Crippen LogP contribution in [0.15, 0.2) is 11.8 Å². The first-order valence-electron chi connectivity index (χ1n) is 3.05. The molecule has 0 N–H and O–H groups in total. The molecule has 0 saturated carbocycles. The Kier molecular flexibility index (Phi) is 1.28. The predicted molar refractivity (Wildman–Crippen MR) is 33.5 cm³/mol. The maximum Gasteiger partial charge on any atom is 0.101 e. The smallest absolute Gasteiger partial charge is 0.101 e. The molecular weight excluding hydrogens is 100 g/mol. The highest BCUT2D eigenvalue weighted by Crippen LogP contribution is 2.21. The van der Waals surface area contributed by atoms with Crippen molar-refractivity contribution in [1.29, 1.82) is 0 Å². The van der Waals surface area contributed by atoms with E-state index in [0.29, 0.717) is 12.0 Å². The van der Waals surface area contributed by atoms with E-state index in [-0.39, 0.29) is 0 Å². The van der Waals surface area contributed by atoms with Gasteiger partial charge in [0, 0.05) is 5.92 Å². The van der Waals surface area contributed by atoms with Gasteiger partial charge in [-0.1, -0.05) is 6.92 Å². The Morgan fingerprint density at radius 3 is 2.25 bits per heavy atom. The summed E-state index contributed by atoms with van der Waals surface area (Å²) >= 11 is 0. The van der Waals surface area contributed by atoms with Crippen molar-refractivity contribution in [1.82, 2.24) is 0 Å². The molecule has 0 fully saturated rings. The van der Waals surface area contributed by atoms with Crippen molar-refractivity contribution in [3.8, 4) is 0 Å². The molecule has 0 radical (unpaired) electrons. The highest BCUT2D eigenvalue weighted by atomic mass is 16.5. The third-order valence-electron chi connectivity index (χ3n) is 1.61. The Hall–Kier alpha value is -0.460. The van der Waals surface area contributed by atoms with E-state index in [1.807, 2.05) is 6.92 Å². The van der Waals surface area contributed by atoms with Gasteiger partial charge in [-0.25, -0.2) is 0 Å². The molecular formula is C7H12O. The zero-order chi connectivity index (χ0) is 6.15. The zero-order valence-electron chi connectivity index (χ0n) is 5.64. The highest BCUT2D eigenvalue weighted by molar-refractivity contribution is 5.01. The first-order chi connectivity index (χ1) is 3.70. The Labute approximate surface area is 50.3 Å². The minimum atomic E-state index is 0.398. The molecule has 0 aromatic rings. The van der Waals surface area contributed by atoms with E-state index in [4.69, 9.17) is 4.74 Å². The van der Waals surface area contributed by atoms with Gasteiger partial charge in [-0.2, -0.15) is 0 Å². The molecule has 0 amide bonds. The van der Waals surface area contributed by atoms with Crippen LogP contribution >= 0.6 is 0 Å². The van der Waals surface area contributed by atoms with Crippen molar-refractivity contribution in [3.63, 3.8) is 0 Å². The van der Waals surface area contributed by atoms with Crippen molar-refractivity contribution in [2.75, 3.05) is 0 Å². The van der Waals surface area contributed by atoms with E-state index >= 15 is 0 Å². The van der Waals surface area contributed by atoms with Gasteiger partial charge in [0.15, 0.2) is 0 Å². The van der Waals surface area contributed by atoms with E-state index in [1.54, 1.807) is 0 Å². The molecule has 0 aliphatic carbocycles. The summed E-state index contributed by atoms with van der Waals surface area (Å²) in [6, 6.07) is 0. The van der Waals surface area contributed by atoms with Gasteiger partial charge in [-0.3, -0.25) is 0 Å². The van der Waals surface area contributed by atoms with Crippen LogP contribution in [0.3, 0.4) is 0 Å². The fourth-order valence-corrected chi connectivity index (χ4v) is 0.946. The number of allylic oxidation sites excluding steroid dienone is 1. The van der Waals surface area contributed by atoms with E-state index in [0.717, 1.165) is 5.76 Å². The summed E-state index contributed by atoms with van der Waals surface area (Å²) in [5, 5.41) is 0. The van der Waals surface area contributed by atoms with Gasteiger partial charge < -0.3 is 4.74 Å². The maximum atomic E-state index is 5.33. The molecule has 1 aliphatic rings. The summed E-state index contributed by atoms with van der Waals surface area (Å²) in [6.07, 6.45) is 2.56. The van der Waals surface area contributed by atoms with Crippen molar-refractivity contribution in [3.05, 3.63) is 11.8 Å². The van der Waals surface area contributed by atoms with Gasteiger partial charge in [0.1, 0.15) is 6.10 Å². The second-order valence-corrected chi connectivity index (χ2v) is 2.46. The number of hydrogen-bond acceptors (Lipinski definition) is 1. The van der Waals surface area contributed by atoms with Crippen LogP contribution in [0.5, 0.6) is 0 Å². The molecule has 1 heterocycles. The van der Waals surface area contributed by atoms with Gasteiger partial charge in [0.2, 0.25) is 0 Å². The van der Waals surface area contributed by atoms with Crippen LogP contribution in [0, 0.1) is 5.92 Å². The van der Waals surface area contributed by atoms with Gasteiger partial charge in [-0.15, -0.1) is 0 Å². The van der Waals surface area contributed by atoms with Crippen LogP contribution in [-0.4, -0.2) is 6.10 Å². The third kappa shape index (κ3) is 0.857. The van der Waals surface area contributed by atoms with Crippen LogP contribution in [0.1, 0.15) is 20.8 Å². The highest BCUT2D eigenvalue weighted by Gasteiger charge is 2.17. The van der Waals surface area contributed by atoms with E-state index in [9.17, 15) is 0 Å². The summed E-state index contributed by atoms with van der Waals surface area (Å²) < 4.78 is 5.33. The van der Waals surface area contributed by atoms with Crippen LogP contribution in [0.2, 0.25) is 0 Å². The Balaban J connectivity index is 2.56. The summed E-state index contributed by atoms with van der Waals surface area (Å²) in [6.45, 7) is 6.26. The fourth-order valence-electron chi connectivity index (χ4n) is 0.946. The van der Waals surface area contributed by atoms with Crippen LogP contribution in [-0.2, 0) is 4.74 Å². The summed E-state index contributed by atoms with van der Waals surface area (Å²) in [4.78, 5) is 0. The predicted octanol–water partition coefficient (Wildman–Crippen LogP) is 1.95. The van der Waals surface area contributed by atoms with Crippen molar-refractivity contribution < 1.29 is 4.74 Å². The lowest BCUT2D eigenvalue weighted by molar-refractivity contribution is 0.135. The molecule has 0 aromatic carbocycles. The average molecular weight is 112 g/mol. The molecule has 8 heavy (non-hydrogen) atoms. The van der Waals surface area contributed by atoms with Crippen molar-refractivity contribution in [2.45, 2.75) is 26.9 Å². The Bertz CT molecular complexity index is 116. The first kappa shape index (κ1) is 5.67. The fraction of sp³-hybridized carbons (Fsp3) is 0.714. The molecule has 0 bridgehead atoms. The molecule has 1 heteroatoms. The Morgan fingerprint density at radius 1 is 1.50 bits per heavy atom. The van der Waals surface area contributed by atoms with Crippen LogP contribution in [0.25, 0.3) is 0 Å². The molecule has 1 aliphatic heterocycles. The van der Waals surface area contributed by atoms with Crippen LogP contribution < -0.4 is 0 Å². The standard InChI is InChI=1S/C7H12O/c1-5-4-6(2)8-7(5)3/h4-5,7H,1-3H3. The lowest BCUT2D eigenvalue weighted by Gasteiger charge is -2.07. The molecule has 2 atom stereocenters. The van der Waals surface area contributed by atoms with E-state index in [2.05, 4.69) is 19.9 Å². The van der Waals surface area contributed by atoms with Gasteiger partial charge in [0.25, 0.3) is 0 Å². The van der Waals surface area contributed by atoms with E-state index < -0.39 is 0 Å². The summed E-state index contributed by atoms with van der Waals surface area (Å²) in [5.41, 5.74) is 0. The van der Waals surface area contributed by atoms with Gasteiger partial charge in [-0.05, 0) is 19.9 Å². The maximum absolute atomic E-state index is 5.33. The number of rotatable bonds is 0. The van der Waals surface area contributed by atoms with Crippen molar-refractivity contribution >= 4 is 0 Å². The van der Waals surface area contributed by atoms with Crippen LogP contribution in [0.4, 0.5) is 0 Å². The van der Waals surface area contributed by atoms with E-state index in [1.165, 1.54) is 0 Å². The average Bonchev–Trinajstić information content (AvgIpc) is 1.85. The first-order valence-corrected chi connectivity index (χ1v) is 3.05. The lowest BCUT2D eigenvalue weighted by atomic mass is 10.1. The second-order valence-electron chi connectivity index (χ2n) is 2.46. The number of ether oxygens (including phenoxy) is 1. The monoisotopic (exact) mass is 112 g/mol. The minimum absolute atomic E-state index is 0.398. The molecule has 1 rings (SSSR count). The summed E-state index contributed by atoms with van der Waals surface area (Å²) in [7, 11) is 0. The minimum Gasteiger partial charge on any atom is -0.495 e. The SMILES string of the molecule is CC1=CC(C)C(C)O1. The molecule has 0 aromatic heterocycles. The normalized spacial score (nSPS) is 36.6. The quantitative estimate of drug-likeness (QED) is 0.465. The third-order valence-corrected chi connectivity index (χ3v) is 1.61. The topological polar surface area (TPSA) is 9.23 Å². The molecule has 0 saturated heterocycles. The lowest BCUT2D eigenvalue weighted by Crippen LogP contribution is -2.07. The molecule has 0 spiro atoms. The molecule has 2 unspecified atom stereocenters. The molecule has 46 valence electrons. The van der Waals surface area contributed by atoms with Crippen molar-refractivity contribution in [2.24, 2.45) is 5.92 Å². The molecule has 1 nitrogen and oxygen atoms in total. The largest absolute Gasteiger partial charge is 0.495 e. The van der Waals surface area contributed by atoms with Gasteiger partial charge in [0.05, 0.1) is 5.76 Å². The second kappa shape index (κ2) is 1.81. The summed E-state index contributed by atoms with van der Waals surface area (Å²) in [5.74, 6) is 1.68. The number of hydrogen-bond donors (Lipinski definition) is 0. The zero-order valence-corrected chi connectivity index (χ0v) is 5.64.